The second-order valence-corrected chi connectivity index (χ2v) is 10.4. The fraction of sp³-hybridized carbons (Fsp3) is 1.00. The van der Waals surface area contributed by atoms with E-state index in [2.05, 4.69) is 42.6 Å². The molecular weight excluding hydrogens is 378 g/mol. The first kappa shape index (κ1) is 31.9. The molecule has 7 heteroatoms. The maximum absolute atomic E-state index is 10.4. The Morgan fingerprint density at radius 1 is 1.07 bits per heavy atom. The fourth-order valence-corrected chi connectivity index (χ4v) is 3.59. The van der Waals surface area contributed by atoms with Crippen molar-refractivity contribution in [2.75, 3.05) is 64.6 Å². The van der Waals surface area contributed by atoms with Gasteiger partial charge in [-0.25, -0.2) is 8.42 Å². The average Bonchev–Trinajstić information content (AvgIpc) is 3.30. The average molecular weight is 428 g/mol. The van der Waals surface area contributed by atoms with Crippen LogP contribution in [0.1, 0.15) is 54.9 Å². The first-order chi connectivity index (χ1) is 12.7. The lowest BCUT2D eigenvalue weighted by Crippen LogP contribution is -2.25. The maximum Gasteiger partial charge on any atom is 0.149 e. The highest BCUT2D eigenvalue weighted by molar-refractivity contribution is 7.97. The van der Waals surface area contributed by atoms with Gasteiger partial charge in [-0.3, -0.25) is 4.31 Å². The molecule has 27 heavy (non-hydrogen) atoms. The van der Waals surface area contributed by atoms with Crippen LogP contribution in [0.15, 0.2) is 0 Å². The quantitative estimate of drug-likeness (QED) is 0.688. The summed E-state index contributed by atoms with van der Waals surface area (Å²) in [4.78, 5) is 2.27. The molecule has 2 heterocycles. The molecule has 0 bridgehead atoms. The van der Waals surface area contributed by atoms with E-state index < -0.39 is 9.84 Å². The van der Waals surface area contributed by atoms with Crippen LogP contribution in [0.5, 0.6) is 0 Å². The van der Waals surface area contributed by atoms with Crippen molar-refractivity contribution < 1.29 is 8.42 Å². The van der Waals surface area contributed by atoms with E-state index in [-0.39, 0.29) is 11.5 Å². The van der Waals surface area contributed by atoms with Gasteiger partial charge in [0.05, 0.1) is 0 Å². The molecule has 0 amide bonds. The minimum Gasteiger partial charge on any atom is -0.316 e. The van der Waals surface area contributed by atoms with Crippen molar-refractivity contribution in [3.8, 4) is 0 Å². The van der Waals surface area contributed by atoms with Crippen LogP contribution in [0.3, 0.4) is 0 Å². The summed E-state index contributed by atoms with van der Waals surface area (Å²) >= 11 is 1.93. The fourth-order valence-electron chi connectivity index (χ4n) is 2.35. The predicted molar refractivity (Wildman–Crippen MR) is 126 cm³/mol. The van der Waals surface area contributed by atoms with Crippen LogP contribution in [0.25, 0.3) is 0 Å². The summed E-state index contributed by atoms with van der Waals surface area (Å²) in [5.41, 5.74) is 0. The molecule has 168 valence electrons. The van der Waals surface area contributed by atoms with Gasteiger partial charge in [0.1, 0.15) is 9.84 Å². The van der Waals surface area contributed by atoms with E-state index >= 15 is 0 Å². The van der Waals surface area contributed by atoms with Gasteiger partial charge in [-0.1, -0.05) is 60.4 Å². The minimum atomic E-state index is -2.66. The highest BCUT2D eigenvalue weighted by Gasteiger charge is 2.22. The molecule has 5 nitrogen and oxygen atoms in total. The molecule has 0 saturated carbocycles. The van der Waals surface area contributed by atoms with Crippen molar-refractivity contribution in [1.82, 2.24) is 14.5 Å². The second-order valence-electron chi connectivity index (χ2n) is 6.52. The van der Waals surface area contributed by atoms with E-state index in [0.717, 1.165) is 11.8 Å². The molecule has 2 saturated heterocycles. The molecule has 2 aliphatic rings. The van der Waals surface area contributed by atoms with E-state index in [1.807, 2.05) is 39.6 Å². The van der Waals surface area contributed by atoms with Crippen LogP contribution in [0, 0.1) is 11.8 Å². The summed E-state index contributed by atoms with van der Waals surface area (Å²) in [6, 6.07) is 0. The lowest BCUT2D eigenvalue weighted by atomic mass is 9.98. The molecule has 0 aromatic heterocycles. The Balaban J connectivity index is -0.000000301. The van der Waals surface area contributed by atoms with Crippen molar-refractivity contribution in [3.05, 3.63) is 0 Å². The number of nitrogens with zero attached hydrogens (tertiary/aromatic N) is 2. The van der Waals surface area contributed by atoms with Crippen LogP contribution in [-0.4, -0.2) is 82.2 Å². The topological polar surface area (TPSA) is 52.7 Å². The summed E-state index contributed by atoms with van der Waals surface area (Å²) in [5.74, 6) is 3.60. The SMILES string of the molecule is CC.CC.CC1CNCC1CN(C)C.CCS(=O)(=O)CC.CN1CCCS1. The zero-order chi connectivity index (χ0) is 21.9. The molecule has 0 spiro atoms. The zero-order valence-corrected chi connectivity index (χ0v) is 21.5. The standard InChI is InChI=1S/C8H18N2.C4H9NS.C4H10O2S.2C2H6/c1-7-4-9-5-8(7)6-10(2)3;1-5-3-2-4-6-5;1-3-7(5,6)4-2;2*1-2/h7-9H,4-6H2,1-3H3;2-4H2,1H3;3-4H2,1-2H3;2*1-2H3. The van der Waals surface area contributed by atoms with E-state index in [4.69, 9.17) is 0 Å². The number of hydrogen-bond donors (Lipinski definition) is 1. The monoisotopic (exact) mass is 427 g/mol. The van der Waals surface area contributed by atoms with Crippen molar-refractivity contribution in [2.24, 2.45) is 11.8 Å². The van der Waals surface area contributed by atoms with Gasteiger partial charge >= 0.3 is 0 Å². The number of hydrogen-bond acceptors (Lipinski definition) is 6. The first-order valence-electron chi connectivity index (χ1n) is 10.6. The third-order valence-electron chi connectivity index (χ3n) is 4.09. The third-order valence-corrected chi connectivity index (χ3v) is 6.94. The van der Waals surface area contributed by atoms with Gasteiger partial charge in [0.15, 0.2) is 0 Å². The third kappa shape index (κ3) is 20.7. The van der Waals surface area contributed by atoms with Gasteiger partial charge in [-0.2, -0.15) is 0 Å². The largest absolute Gasteiger partial charge is 0.316 e. The Hall–Kier alpha value is 0.180. The summed E-state index contributed by atoms with van der Waals surface area (Å²) in [6.45, 7) is 18.6. The molecule has 0 aromatic carbocycles. The van der Waals surface area contributed by atoms with Crippen LogP contribution in [0.4, 0.5) is 0 Å². The summed E-state index contributed by atoms with van der Waals surface area (Å²) in [5, 5.41) is 3.40. The van der Waals surface area contributed by atoms with E-state index in [0.29, 0.717) is 0 Å². The Labute approximate surface area is 176 Å². The normalized spacial score (nSPS) is 21.6. The molecule has 2 rings (SSSR count). The van der Waals surface area contributed by atoms with Gasteiger partial charge in [0, 0.05) is 30.3 Å². The van der Waals surface area contributed by atoms with Gasteiger partial charge in [-0.15, -0.1) is 0 Å². The summed E-state index contributed by atoms with van der Waals surface area (Å²) in [6.07, 6.45) is 1.38. The van der Waals surface area contributed by atoms with Crippen LogP contribution < -0.4 is 5.32 Å². The lowest BCUT2D eigenvalue weighted by molar-refractivity contribution is 0.300. The molecule has 2 aliphatic heterocycles. The smallest absolute Gasteiger partial charge is 0.149 e. The summed E-state index contributed by atoms with van der Waals surface area (Å²) < 4.78 is 23.0. The number of rotatable bonds is 4. The van der Waals surface area contributed by atoms with Gasteiger partial charge < -0.3 is 10.2 Å². The lowest BCUT2D eigenvalue weighted by Gasteiger charge is -2.18. The minimum absolute atomic E-state index is 0.267. The zero-order valence-electron chi connectivity index (χ0n) is 19.8. The van der Waals surface area contributed by atoms with E-state index in [9.17, 15) is 8.42 Å². The van der Waals surface area contributed by atoms with E-state index in [1.165, 1.54) is 38.4 Å². The molecule has 2 unspecified atom stereocenters. The Bertz CT molecular complexity index is 375. The van der Waals surface area contributed by atoms with Crippen LogP contribution >= 0.6 is 11.9 Å². The highest BCUT2D eigenvalue weighted by atomic mass is 32.2. The van der Waals surface area contributed by atoms with Gasteiger partial charge in [0.2, 0.25) is 0 Å². The molecule has 1 N–H and O–H groups in total. The van der Waals surface area contributed by atoms with Crippen molar-refractivity contribution >= 4 is 21.8 Å². The Morgan fingerprint density at radius 2 is 1.59 bits per heavy atom. The molecular formula is C20H49N3O2S2. The molecule has 0 aromatic rings. The second kappa shape index (κ2) is 20.9. The van der Waals surface area contributed by atoms with Gasteiger partial charge in [-0.05, 0) is 52.5 Å². The van der Waals surface area contributed by atoms with Crippen LogP contribution in [0.2, 0.25) is 0 Å². The molecule has 0 radical (unpaired) electrons. The van der Waals surface area contributed by atoms with Gasteiger partial charge in [0.25, 0.3) is 0 Å². The molecule has 0 aliphatic carbocycles. The highest BCUT2D eigenvalue weighted by Crippen LogP contribution is 2.16. The summed E-state index contributed by atoms with van der Waals surface area (Å²) in [7, 11) is 3.77. The van der Waals surface area contributed by atoms with Crippen molar-refractivity contribution in [3.63, 3.8) is 0 Å². The Kier molecular flexibility index (Phi) is 24.7. The molecule has 2 fully saturated rings. The number of sulfone groups is 1. The molecule has 2 atom stereocenters. The maximum atomic E-state index is 10.4. The first-order valence-corrected chi connectivity index (χ1v) is 13.4. The Morgan fingerprint density at radius 3 is 1.78 bits per heavy atom. The number of nitrogens with one attached hydrogen (secondary N) is 1. The van der Waals surface area contributed by atoms with Crippen molar-refractivity contribution in [1.29, 1.82) is 0 Å². The van der Waals surface area contributed by atoms with Crippen molar-refractivity contribution in [2.45, 2.75) is 54.9 Å². The van der Waals surface area contributed by atoms with Crippen LogP contribution in [-0.2, 0) is 9.84 Å². The predicted octanol–water partition coefficient (Wildman–Crippen LogP) is 3.87. The van der Waals surface area contributed by atoms with E-state index in [1.54, 1.807) is 13.8 Å².